The van der Waals surface area contributed by atoms with E-state index in [1.54, 1.807) is 4.90 Å². The van der Waals surface area contributed by atoms with Gasteiger partial charge in [-0.05, 0) is 19.3 Å². The second kappa shape index (κ2) is 5.69. The first kappa shape index (κ1) is 15.2. The first-order chi connectivity index (χ1) is 9.29. The molecule has 114 valence electrons. The second-order valence-corrected chi connectivity index (χ2v) is 7.53. The molecule has 0 aromatic rings. The van der Waals surface area contributed by atoms with Gasteiger partial charge in [0.1, 0.15) is 0 Å². The zero-order valence-electron chi connectivity index (χ0n) is 11.5. The molecule has 20 heavy (non-hydrogen) atoms. The van der Waals surface area contributed by atoms with E-state index in [1.807, 2.05) is 0 Å². The van der Waals surface area contributed by atoms with Crippen LogP contribution in [0.3, 0.4) is 0 Å². The summed E-state index contributed by atoms with van der Waals surface area (Å²) in [6.07, 6.45) is 2.70. The molecule has 0 aromatic carbocycles. The maximum absolute atomic E-state index is 12.3. The van der Waals surface area contributed by atoms with Crippen LogP contribution in [-0.4, -0.2) is 67.0 Å². The Hall–Kier alpha value is -1.15. The highest BCUT2D eigenvalue weighted by atomic mass is 32.2. The van der Waals surface area contributed by atoms with Crippen molar-refractivity contribution in [3.63, 3.8) is 0 Å². The summed E-state index contributed by atoms with van der Waals surface area (Å²) in [4.78, 5) is 24.8. The average molecular weight is 304 g/mol. The number of hydrogen-bond acceptors (Lipinski definition) is 4. The maximum Gasteiger partial charge on any atom is 0.308 e. The van der Waals surface area contributed by atoms with Gasteiger partial charge in [0, 0.05) is 32.1 Å². The molecule has 0 aromatic heterocycles. The van der Waals surface area contributed by atoms with Gasteiger partial charge in [0.2, 0.25) is 15.9 Å². The molecule has 2 saturated heterocycles. The van der Waals surface area contributed by atoms with E-state index in [1.165, 1.54) is 10.6 Å². The fourth-order valence-corrected chi connectivity index (χ4v) is 3.73. The highest BCUT2D eigenvalue weighted by Crippen LogP contribution is 2.25. The van der Waals surface area contributed by atoms with Crippen LogP contribution in [0.2, 0.25) is 0 Å². The van der Waals surface area contributed by atoms with Crippen LogP contribution in [0.25, 0.3) is 0 Å². The molecule has 7 nitrogen and oxygen atoms in total. The molecule has 2 heterocycles. The lowest BCUT2D eigenvalue weighted by Gasteiger charge is -2.31. The third-order valence-electron chi connectivity index (χ3n) is 4.12. The number of hydrogen-bond donors (Lipinski definition) is 1. The van der Waals surface area contributed by atoms with Gasteiger partial charge < -0.3 is 10.0 Å². The second-order valence-electron chi connectivity index (χ2n) is 5.54. The third kappa shape index (κ3) is 3.29. The van der Waals surface area contributed by atoms with Gasteiger partial charge in [-0.25, -0.2) is 12.7 Å². The van der Waals surface area contributed by atoms with Crippen molar-refractivity contribution in [1.29, 1.82) is 0 Å². The summed E-state index contributed by atoms with van der Waals surface area (Å²) in [5.41, 5.74) is 0. The molecule has 1 unspecified atom stereocenters. The minimum atomic E-state index is -3.18. The molecule has 2 aliphatic rings. The molecule has 1 N–H and O–H groups in total. The Balaban J connectivity index is 1.88. The standard InChI is InChI=1S/C12H20N2O5S/c1-20(18,19)14-6-3-9(4-7-14)11(15)13-5-2-10(8-13)12(16)17/h9-10H,2-8H2,1H3,(H,16,17). The van der Waals surface area contributed by atoms with Gasteiger partial charge in [-0.2, -0.15) is 0 Å². The number of rotatable bonds is 3. The number of carbonyl (C=O) groups excluding carboxylic acids is 1. The minimum Gasteiger partial charge on any atom is -0.481 e. The Kier molecular flexibility index (Phi) is 4.33. The third-order valence-corrected chi connectivity index (χ3v) is 5.42. The summed E-state index contributed by atoms with van der Waals surface area (Å²) in [6.45, 7) is 1.50. The Bertz CT molecular complexity index is 496. The maximum atomic E-state index is 12.3. The molecule has 8 heteroatoms. The van der Waals surface area contributed by atoms with Crippen LogP contribution in [0, 0.1) is 11.8 Å². The Morgan fingerprint density at radius 2 is 1.60 bits per heavy atom. The molecule has 2 fully saturated rings. The number of likely N-dealkylation sites (tertiary alicyclic amines) is 1. The SMILES string of the molecule is CS(=O)(=O)N1CCC(C(=O)N2CCC(C(=O)O)C2)CC1. The van der Waals surface area contributed by atoms with Crippen LogP contribution >= 0.6 is 0 Å². The van der Waals surface area contributed by atoms with E-state index in [-0.39, 0.29) is 18.4 Å². The van der Waals surface area contributed by atoms with Gasteiger partial charge in [0.05, 0.1) is 12.2 Å². The van der Waals surface area contributed by atoms with Gasteiger partial charge in [-0.1, -0.05) is 0 Å². The van der Waals surface area contributed by atoms with E-state index in [9.17, 15) is 18.0 Å². The van der Waals surface area contributed by atoms with Gasteiger partial charge in [0.25, 0.3) is 0 Å². The fourth-order valence-electron chi connectivity index (χ4n) is 2.85. The van der Waals surface area contributed by atoms with Crippen LogP contribution in [0.15, 0.2) is 0 Å². The van der Waals surface area contributed by atoms with E-state index in [2.05, 4.69) is 0 Å². The zero-order valence-corrected chi connectivity index (χ0v) is 12.3. The predicted molar refractivity (Wildman–Crippen MR) is 71.5 cm³/mol. The number of sulfonamides is 1. The van der Waals surface area contributed by atoms with E-state index in [0.717, 1.165) is 0 Å². The normalized spacial score (nSPS) is 25.9. The van der Waals surface area contributed by atoms with Crippen LogP contribution < -0.4 is 0 Å². The van der Waals surface area contributed by atoms with Crippen LogP contribution in [0.1, 0.15) is 19.3 Å². The number of amides is 1. The minimum absolute atomic E-state index is 0.0260. The molecule has 1 amide bonds. The molecule has 0 saturated carbocycles. The topological polar surface area (TPSA) is 95.0 Å². The summed E-state index contributed by atoms with van der Waals surface area (Å²) in [5.74, 6) is -1.52. The number of carboxylic acid groups (broad SMARTS) is 1. The van der Waals surface area contributed by atoms with Crippen LogP contribution in [0.4, 0.5) is 0 Å². The van der Waals surface area contributed by atoms with Crippen molar-refractivity contribution < 1.29 is 23.1 Å². The smallest absolute Gasteiger partial charge is 0.308 e. The fraction of sp³-hybridized carbons (Fsp3) is 0.833. The van der Waals surface area contributed by atoms with Crippen molar-refractivity contribution >= 4 is 21.9 Å². The number of carbonyl (C=O) groups is 2. The van der Waals surface area contributed by atoms with Crippen molar-refractivity contribution in [2.45, 2.75) is 19.3 Å². The summed E-state index contributed by atoms with van der Waals surface area (Å²) < 4.78 is 24.2. The monoisotopic (exact) mass is 304 g/mol. The number of nitrogens with zero attached hydrogens (tertiary/aromatic N) is 2. The van der Waals surface area contributed by atoms with Crippen LogP contribution in [-0.2, 0) is 19.6 Å². The Morgan fingerprint density at radius 3 is 2.05 bits per heavy atom. The highest BCUT2D eigenvalue weighted by molar-refractivity contribution is 7.88. The van der Waals surface area contributed by atoms with Gasteiger partial charge in [-0.15, -0.1) is 0 Å². The molecular formula is C12H20N2O5S. The predicted octanol–water partition coefficient (Wildman–Crippen LogP) is -0.409. The summed E-state index contributed by atoms with van der Waals surface area (Å²) in [6, 6.07) is 0. The lowest BCUT2D eigenvalue weighted by Crippen LogP contribution is -2.43. The quantitative estimate of drug-likeness (QED) is 0.765. The summed E-state index contributed by atoms with van der Waals surface area (Å²) in [7, 11) is -3.18. The van der Waals surface area contributed by atoms with Gasteiger partial charge in [-0.3, -0.25) is 9.59 Å². The van der Waals surface area contributed by atoms with Crippen molar-refractivity contribution in [1.82, 2.24) is 9.21 Å². The van der Waals surface area contributed by atoms with E-state index >= 15 is 0 Å². The van der Waals surface area contributed by atoms with E-state index < -0.39 is 21.9 Å². The molecule has 0 aliphatic carbocycles. The molecule has 2 aliphatic heterocycles. The van der Waals surface area contributed by atoms with E-state index in [0.29, 0.717) is 38.9 Å². The number of carboxylic acids is 1. The number of aliphatic carboxylic acids is 1. The van der Waals surface area contributed by atoms with Crippen molar-refractivity contribution in [2.75, 3.05) is 32.4 Å². The summed E-state index contributed by atoms with van der Waals surface area (Å²) in [5, 5.41) is 8.94. The van der Waals surface area contributed by atoms with Gasteiger partial charge >= 0.3 is 5.97 Å². The lowest BCUT2D eigenvalue weighted by molar-refractivity contribution is -0.141. The van der Waals surface area contributed by atoms with Crippen LogP contribution in [0.5, 0.6) is 0 Å². The number of piperidine rings is 1. The summed E-state index contributed by atoms with van der Waals surface area (Å²) >= 11 is 0. The first-order valence-electron chi connectivity index (χ1n) is 6.75. The molecular weight excluding hydrogens is 284 g/mol. The molecule has 0 bridgehead atoms. The van der Waals surface area contributed by atoms with Crippen molar-refractivity contribution in [2.24, 2.45) is 11.8 Å². The first-order valence-corrected chi connectivity index (χ1v) is 8.60. The van der Waals surface area contributed by atoms with Gasteiger partial charge in [0.15, 0.2) is 0 Å². The molecule has 0 spiro atoms. The largest absolute Gasteiger partial charge is 0.481 e. The lowest BCUT2D eigenvalue weighted by atomic mass is 9.96. The van der Waals surface area contributed by atoms with E-state index in [4.69, 9.17) is 5.11 Å². The van der Waals surface area contributed by atoms with Crippen molar-refractivity contribution in [3.8, 4) is 0 Å². The van der Waals surface area contributed by atoms with Crippen molar-refractivity contribution in [3.05, 3.63) is 0 Å². The highest BCUT2D eigenvalue weighted by Gasteiger charge is 2.36. The Morgan fingerprint density at radius 1 is 1.05 bits per heavy atom. The molecule has 1 atom stereocenters. The molecule has 2 rings (SSSR count). The Labute approximate surface area is 118 Å². The zero-order chi connectivity index (χ0) is 14.9. The average Bonchev–Trinajstić information content (AvgIpc) is 2.86. The molecule has 0 radical (unpaired) electrons.